The monoisotopic (exact) mass is 208 g/mol. The van der Waals surface area contributed by atoms with Gasteiger partial charge in [-0.2, -0.15) is 10.5 Å². The minimum Gasteiger partial charge on any atom is -0.397 e. The molecule has 0 fully saturated rings. The molecule has 4 nitrogen and oxygen atoms in total. The highest BCUT2D eigenvalue weighted by Gasteiger charge is 2.16. The number of nitrogens with zero attached hydrogens (tertiary/aromatic N) is 3. The number of pyridine rings is 1. The van der Waals surface area contributed by atoms with E-state index in [0.717, 1.165) is 6.07 Å². The van der Waals surface area contributed by atoms with Crippen molar-refractivity contribution in [2.75, 3.05) is 5.73 Å². The lowest BCUT2D eigenvalue weighted by Crippen LogP contribution is -2.04. The van der Waals surface area contributed by atoms with Crippen molar-refractivity contribution >= 4 is 5.69 Å². The zero-order valence-corrected chi connectivity index (χ0v) is 7.54. The van der Waals surface area contributed by atoms with Crippen LogP contribution in [0.15, 0.2) is 6.07 Å². The van der Waals surface area contributed by atoms with E-state index in [1.54, 1.807) is 12.1 Å². The molecule has 0 aliphatic heterocycles. The normalized spacial score (nSPS) is 9.67. The summed E-state index contributed by atoms with van der Waals surface area (Å²) in [7, 11) is 0. The number of hydrogen-bond acceptors (Lipinski definition) is 4. The molecule has 1 aromatic rings. The number of hydrogen-bond donors (Lipinski definition) is 1. The van der Waals surface area contributed by atoms with Crippen molar-refractivity contribution in [3.63, 3.8) is 0 Å². The maximum atomic E-state index is 12.5. The van der Waals surface area contributed by atoms with Gasteiger partial charge in [0.05, 0.1) is 23.9 Å². The first-order valence-corrected chi connectivity index (χ1v) is 3.94. The summed E-state index contributed by atoms with van der Waals surface area (Å²) < 4.78 is 24.9. The second-order valence-corrected chi connectivity index (χ2v) is 2.70. The Morgan fingerprint density at radius 1 is 1.47 bits per heavy atom. The fourth-order valence-electron chi connectivity index (χ4n) is 1.08. The second-order valence-electron chi connectivity index (χ2n) is 2.70. The number of alkyl halides is 2. The summed E-state index contributed by atoms with van der Waals surface area (Å²) in [6, 6.07) is 4.32. The summed E-state index contributed by atoms with van der Waals surface area (Å²) in [6.45, 7) is 0. The van der Waals surface area contributed by atoms with E-state index in [4.69, 9.17) is 16.3 Å². The number of anilines is 1. The zero-order valence-electron chi connectivity index (χ0n) is 7.54. The summed E-state index contributed by atoms with van der Waals surface area (Å²) in [5, 5.41) is 17.0. The van der Waals surface area contributed by atoms with E-state index in [1.165, 1.54) is 0 Å². The Hall–Kier alpha value is -2.21. The summed E-state index contributed by atoms with van der Waals surface area (Å²) >= 11 is 0. The quantitative estimate of drug-likeness (QED) is 0.798. The third-order valence-electron chi connectivity index (χ3n) is 1.77. The third kappa shape index (κ3) is 2.18. The van der Waals surface area contributed by atoms with Gasteiger partial charge < -0.3 is 5.73 Å². The van der Waals surface area contributed by atoms with Crippen LogP contribution in [0.4, 0.5) is 14.5 Å². The predicted octanol–water partition coefficient (Wildman–Crippen LogP) is 1.54. The van der Waals surface area contributed by atoms with Crippen LogP contribution >= 0.6 is 0 Å². The number of nitrogens with two attached hydrogens (primary N) is 1. The molecule has 0 amide bonds. The fourth-order valence-corrected chi connectivity index (χ4v) is 1.08. The van der Waals surface area contributed by atoms with Crippen molar-refractivity contribution in [3.8, 4) is 12.1 Å². The highest BCUT2D eigenvalue weighted by Crippen LogP contribution is 2.27. The summed E-state index contributed by atoms with van der Waals surface area (Å²) in [5.41, 5.74) is 4.58. The van der Waals surface area contributed by atoms with Gasteiger partial charge in [0, 0.05) is 5.56 Å². The predicted molar refractivity (Wildman–Crippen MR) is 47.6 cm³/mol. The van der Waals surface area contributed by atoms with Crippen LogP contribution in [0.2, 0.25) is 0 Å². The van der Waals surface area contributed by atoms with Gasteiger partial charge in [-0.15, -0.1) is 0 Å². The number of aromatic nitrogens is 1. The Kier molecular flexibility index (Phi) is 3.14. The molecule has 0 bridgehead atoms. The maximum Gasteiger partial charge on any atom is 0.265 e. The van der Waals surface area contributed by atoms with Gasteiger partial charge in [-0.1, -0.05) is 0 Å². The molecule has 15 heavy (non-hydrogen) atoms. The number of rotatable bonds is 2. The Morgan fingerprint density at radius 2 is 2.13 bits per heavy atom. The molecule has 0 aliphatic carbocycles. The molecule has 2 N–H and O–H groups in total. The molecule has 0 radical (unpaired) electrons. The Bertz CT molecular complexity index is 456. The molecule has 0 saturated heterocycles. The minimum absolute atomic E-state index is 0.0202. The molecular formula is C9H6F2N4. The lowest BCUT2D eigenvalue weighted by atomic mass is 10.1. The SMILES string of the molecule is N#CCc1nc(C#N)cc(C(F)F)c1N. The second kappa shape index (κ2) is 4.34. The van der Waals surface area contributed by atoms with E-state index in [1.807, 2.05) is 0 Å². The Labute approximate surface area is 84.6 Å². The van der Waals surface area contributed by atoms with Crippen LogP contribution in [0.3, 0.4) is 0 Å². The molecule has 0 spiro atoms. The van der Waals surface area contributed by atoms with Crippen LogP contribution in [0.5, 0.6) is 0 Å². The van der Waals surface area contributed by atoms with E-state index < -0.39 is 12.0 Å². The molecule has 0 aromatic carbocycles. The number of nitriles is 2. The van der Waals surface area contributed by atoms with Gasteiger partial charge >= 0.3 is 0 Å². The molecule has 0 saturated carbocycles. The van der Waals surface area contributed by atoms with Crippen molar-refractivity contribution in [2.24, 2.45) is 0 Å². The van der Waals surface area contributed by atoms with Crippen LogP contribution in [0, 0.1) is 22.7 Å². The van der Waals surface area contributed by atoms with Crippen LogP contribution in [0.1, 0.15) is 23.4 Å². The number of nitrogen functional groups attached to an aromatic ring is 1. The van der Waals surface area contributed by atoms with Crippen molar-refractivity contribution < 1.29 is 8.78 Å². The van der Waals surface area contributed by atoms with Crippen molar-refractivity contribution in [1.29, 1.82) is 10.5 Å². The Balaban J connectivity index is 3.36. The lowest BCUT2D eigenvalue weighted by Gasteiger charge is -2.07. The highest BCUT2D eigenvalue weighted by atomic mass is 19.3. The molecule has 1 heterocycles. The van der Waals surface area contributed by atoms with E-state index in [0.29, 0.717) is 0 Å². The van der Waals surface area contributed by atoms with Gasteiger partial charge in [0.15, 0.2) is 0 Å². The molecular weight excluding hydrogens is 202 g/mol. The first-order valence-electron chi connectivity index (χ1n) is 3.94. The van der Waals surface area contributed by atoms with Gasteiger partial charge in [0.1, 0.15) is 11.8 Å². The van der Waals surface area contributed by atoms with Crippen molar-refractivity contribution in [1.82, 2.24) is 4.98 Å². The molecule has 1 rings (SSSR count). The number of halogens is 2. The molecule has 0 atom stereocenters. The largest absolute Gasteiger partial charge is 0.397 e. The van der Waals surface area contributed by atoms with Gasteiger partial charge in [0.2, 0.25) is 0 Å². The topological polar surface area (TPSA) is 86.5 Å². The van der Waals surface area contributed by atoms with Crippen molar-refractivity contribution in [3.05, 3.63) is 23.0 Å². The summed E-state index contributed by atoms with van der Waals surface area (Å²) in [4.78, 5) is 3.68. The van der Waals surface area contributed by atoms with E-state index in [9.17, 15) is 8.78 Å². The average molecular weight is 208 g/mol. The fraction of sp³-hybridized carbons (Fsp3) is 0.222. The zero-order chi connectivity index (χ0) is 11.4. The summed E-state index contributed by atoms with van der Waals surface area (Å²) in [5.74, 6) is 0. The first-order chi connectivity index (χ1) is 7.10. The first kappa shape index (κ1) is 10.9. The molecule has 0 aliphatic rings. The molecule has 76 valence electrons. The van der Waals surface area contributed by atoms with E-state index >= 15 is 0 Å². The summed E-state index contributed by atoms with van der Waals surface area (Å²) in [6.07, 6.45) is -2.97. The van der Waals surface area contributed by atoms with Gasteiger partial charge in [-0.3, -0.25) is 0 Å². The van der Waals surface area contributed by atoms with Crippen LogP contribution in [-0.2, 0) is 6.42 Å². The highest BCUT2D eigenvalue weighted by molar-refractivity contribution is 5.54. The van der Waals surface area contributed by atoms with Gasteiger partial charge in [-0.05, 0) is 6.07 Å². The van der Waals surface area contributed by atoms with Gasteiger partial charge in [0.25, 0.3) is 6.43 Å². The molecule has 0 unspecified atom stereocenters. The van der Waals surface area contributed by atoms with Crippen molar-refractivity contribution in [2.45, 2.75) is 12.8 Å². The van der Waals surface area contributed by atoms with Crippen LogP contribution in [-0.4, -0.2) is 4.98 Å². The lowest BCUT2D eigenvalue weighted by molar-refractivity contribution is 0.152. The third-order valence-corrected chi connectivity index (χ3v) is 1.77. The van der Waals surface area contributed by atoms with Crippen LogP contribution < -0.4 is 5.73 Å². The van der Waals surface area contributed by atoms with E-state index in [2.05, 4.69) is 4.98 Å². The standard InChI is InChI=1S/C9H6F2N4/c10-9(11)6-3-5(4-13)15-7(1-2-12)8(6)14/h3,9H,1,14H2. The minimum atomic E-state index is -2.78. The van der Waals surface area contributed by atoms with Crippen LogP contribution in [0.25, 0.3) is 0 Å². The Morgan fingerprint density at radius 3 is 2.60 bits per heavy atom. The van der Waals surface area contributed by atoms with E-state index in [-0.39, 0.29) is 23.5 Å². The molecule has 1 aromatic heterocycles. The molecule has 6 heteroatoms. The smallest absolute Gasteiger partial charge is 0.265 e. The van der Waals surface area contributed by atoms with Gasteiger partial charge in [-0.25, -0.2) is 13.8 Å². The average Bonchev–Trinajstić information content (AvgIpc) is 2.21. The maximum absolute atomic E-state index is 12.5.